The summed E-state index contributed by atoms with van der Waals surface area (Å²) in [5.41, 5.74) is 0.0658. The summed E-state index contributed by atoms with van der Waals surface area (Å²) in [6.07, 6.45) is 0.465. The lowest BCUT2D eigenvalue weighted by Crippen LogP contribution is -2.15. The molecule has 0 aliphatic rings. The topological polar surface area (TPSA) is 66.0 Å². The van der Waals surface area contributed by atoms with Crippen LogP contribution in [0.5, 0.6) is 5.88 Å². The first-order valence-corrected chi connectivity index (χ1v) is 7.57. The van der Waals surface area contributed by atoms with Gasteiger partial charge in [0, 0.05) is 9.37 Å². The molecule has 1 heterocycles. The maximum absolute atomic E-state index is 11.7. The predicted octanol–water partition coefficient (Wildman–Crippen LogP) is 3.09. The first kappa shape index (κ1) is 14.1. The van der Waals surface area contributed by atoms with E-state index >= 15 is 0 Å². The number of rotatable bonds is 4. The maximum Gasteiger partial charge on any atom is 0.257 e. The second-order valence-corrected chi connectivity index (χ2v) is 5.88. The number of benzene rings is 1. The van der Waals surface area contributed by atoms with Crippen LogP contribution in [-0.4, -0.2) is 15.1 Å². The van der Waals surface area contributed by atoms with Crippen molar-refractivity contribution in [3.8, 4) is 5.88 Å². The number of thioether (sulfide) groups is 1. The van der Waals surface area contributed by atoms with Crippen molar-refractivity contribution in [2.45, 2.75) is 24.0 Å². The van der Waals surface area contributed by atoms with Gasteiger partial charge in [-0.25, -0.2) is 0 Å². The molecule has 0 atom stereocenters. The van der Waals surface area contributed by atoms with E-state index < -0.39 is 0 Å². The largest absolute Gasteiger partial charge is 0.493 e. The van der Waals surface area contributed by atoms with Gasteiger partial charge in [-0.2, -0.15) is 4.98 Å². The number of H-pyrrole nitrogens is 1. The van der Waals surface area contributed by atoms with Crippen LogP contribution < -0.4 is 5.56 Å². The minimum Gasteiger partial charge on any atom is -0.493 e. The molecule has 0 radical (unpaired) electrons. The van der Waals surface area contributed by atoms with E-state index in [9.17, 15) is 9.90 Å². The quantitative estimate of drug-likeness (QED) is 0.839. The maximum atomic E-state index is 11.7. The molecule has 0 saturated carbocycles. The fourth-order valence-electron chi connectivity index (χ4n) is 1.63. The molecule has 6 heteroatoms. The third kappa shape index (κ3) is 3.61. The SMILES string of the molecule is CCc1c(O)nc(CSc2cccc(Br)c2)[nH]c1=O. The van der Waals surface area contributed by atoms with Crippen LogP contribution in [0.1, 0.15) is 18.3 Å². The van der Waals surface area contributed by atoms with Gasteiger partial charge in [0.1, 0.15) is 5.82 Å². The molecule has 1 aromatic heterocycles. The molecule has 1 aromatic carbocycles. The highest BCUT2D eigenvalue weighted by Crippen LogP contribution is 2.24. The van der Waals surface area contributed by atoms with Crippen molar-refractivity contribution in [1.29, 1.82) is 0 Å². The highest BCUT2D eigenvalue weighted by Gasteiger charge is 2.08. The van der Waals surface area contributed by atoms with E-state index in [2.05, 4.69) is 25.9 Å². The van der Waals surface area contributed by atoms with E-state index in [4.69, 9.17) is 0 Å². The molecule has 0 spiro atoms. The zero-order valence-electron chi connectivity index (χ0n) is 10.3. The van der Waals surface area contributed by atoms with E-state index in [1.807, 2.05) is 31.2 Å². The number of aromatic nitrogens is 2. The average molecular weight is 341 g/mol. The standard InChI is InChI=1S/C13H13BrN2O2S/c1-2-10-12(17)15-11(16-13(10)18)7-19-9-5-3-4-8(14)6-9/h3-6H,2,7H2,1H3,(H2,15,16,17,18). The summed E-state index contributed by atoms with van der Waals surface area (Å²) in [7, 11) is 0. The second kappa shape index (κ2) is 6.25. The smallest absolute Gasteiger partial charge is 0.257 e. The molecule has 19 heavy (non-hydrogen) atoms. The molecule has 2 rings (SSSR count). The third-order valence-corrected chi connectivity index (χ3v) is 4.07. The first-order chi connectivity index (χ1) is 9.10. The number of nitrogens with one attached hydrogen (secondary N) is 1. The normalized spacial score (nSPS) is 10.6. The fraction of sp³-hybridized carbons (Fsp3) is 0.231. The summed E-state index contributed by atoms with van der Waals surface area (Å²) >= 11 is 4.95. The molecule has 0 aliphatic carbocycles. The zero-order chi connectivity index (χ0) is 13.8. The first-order valence-electron chi connectivity index (χ1n) is 5.79. The van der Waals surface area contributed by atoms with Gasteiger partial charge in [0.25, 0.3) is 5.56 Å². The van der Waals surface area contributed by atoms with Crippen LogP contribution in [0.3, 0.4) is 0 Å². The molecule has 4 nitrogen and oxygen atoms in total. The van der Waals surface area contributed by atoms with Crippen LogP contribution in [0.25, 0.3) is 0 Å². The van der Waals surface area contributed by atoms with Gasteiger partial charge < -0.3 is 10.1 Å². The van der Waals surface area contributed by atoms with Gasteiger partial charge in [0.2, 0.25) is 5.88 Å². The van der Waals surface area contributed by atoms with Gasteiger partial charge in [-0.15, -0.1) is 11.8 Å². The molecular weight excluding hydrogens is 328 g/mol. The van der Waals surface area contributed by atoms with Crippen molar-refractivity contribution in [1.82, 2.24) is 9.97 Å². The number of halogens is 1. The van der Waals surface area contributed by atoms with Crippen molar-refractivity contribution < 1.29 is 5.11 Å². The summed E-state index contributed by atoms with van der Waals surface area (Å²) < 4.78 is 1.00. The molecule has 0 unspecified atom stereocenters. The lowest BCUT2D eigenvalue weighted by Gasteiger charge is -2.05. The van der Waals surface area contributed by atoms with E-state index in [0.717, 1.165) is 9.37 Å². The number of hydrogen-bond acceptors (Lipinski definition) is 4. The summed E-state index contributed by atoms with van der Waals surface area (Å²) in [4.78, 5) is 19.5. The summed E-state index contributed by atoms with van der Waals surface area (Å²) in [6, 6.07) is 7.86. The monoisotopic (exact) mass is 340 g/mol. The van der Waals surface area contributed by atoms with Crippen molar-refractivity contribution in [3.63, 3.8) is 0 Å². The Labute approximate surface area is 123 Å². The second-order valence-electron chi connectivity index (χ2n) is 3.91. The van der Waals surface area contributed by atoms with E-state index in [-0.39, 0.29) is 11.4 Å². The van der Waals surface area contributed by atoms with Gasteiger partial charge in [-0.3, -0.25) is 4.79 Å². The van der Waals surface area contributed by atoms with Crippen molar-refractivity contribution in [2.24, 2.45) is 0 Å². The minimum atomic E-state index is -0.264. The Balaban J connectivity index is 2.14. The molecule has 2 N–H and O–H groups in total. The van der Waals surface area contributed by atoms with Crippen LogP contribution in [0, 0.1) is 0 Å². The summed E-state index contributed by atoms with van der Waals surface area (Å²) in [6.45, 7) is 1.81. The third-order valence-electron chi connectivity index (χ3n) is 2.57. The lowest BCUT2D eigenvalue weighted by atomic mass is 10.2. The summed E-state index contributed by atoms with van der Waals surface area (Å²) in [5.74, 6) is 0.809. The van der Waals surface area contributed by atoms with Crippen LogP contribution in [0.4, 0.5) is 0 Å². The molecule has 0 amide bonds. The Hall–Kier alpha value is -1.27. The number of aromatic hydroxyl groups is 1. The predicted molar refractivity (Wildman–Crippen MR) is 79.6 cm³/mol. The van der Waals surface area contributed by atoms with Gasteiger partial charge in [0.15, 0.2) is 0 Å². The van der Waals surface area contributed by atoms with E-state index in [1.54, 1.807) is 11.8 Å². The highest BCUT2D eigenvalue weighted by atomic mass is 79.9. The average Bonchev–Trinajstić information content (AvgIpc) is 2.36. The highest BCUT2D eigenvalue weighted by molar-refractivity contribution is 9.10. The molecule has 0 saturated heterocycles. The Kier molecular flexibility index (Phi) is 4.66. The van der Waals surface area contributed by atoms with E-state index in [1.165, 1.54) is 0 Å². The van der Waals surface area contributed by atoms with Crippen LogP contribution in [-0.2, 0) is 12.2 Å². The molecular formula is C13H13BrN2O2S. The van der Waals surface area contributed by atoms with Gasteiger partial charge in [0.05, 0.1) is 11.3 Å². The van der Waals surface area contributed by atoms with Crippen LogP contribution >= 0.6 is 27.7 Å². The van der Waals surface area contributed by atoms with Crippen LogP contribution in [0.2, 0.25) is 0 Å². The molecule has 0 bridgehead atoms. The van der Waals surface area contributed by atoms with Crippen molar-refractivity contribution in [3.05, 3.63) is 50.5 Å². The van der Waals surface area contributed by atoms with Gasteiger partial charge >= 0.3 is 0 Å². The van der Waals surface area contributed by atoms with Crippen molar-refractivity contribution in [2.75, 3.05) is 0 Å². The molecule has 0 aliphatic heterocycles. The van der Waals surface area contributed by atoms with Gasteiger partial charge in [-0.1, -0.05) is 28.9 Å². The van der Waals surface area contributed by atoms with Gasteiger partial charge in [-0.05, 0) is 24.6 Å². The molecule has 0 fully saturated rings. The van der Waals surface area contributed by atoms with E-state index in [0.29, 0.717) is 23.6 Å². The molecule has 100 valence electrons. The Bertz CT molecular complexity index is 643. The minimum absolute atomic E-state index is 0.170. The lowest BCUT2D eigenvalue weighted by molar-refractivity contribution is 0.441. The Morgan fingerprint density at radius 3 is 2.89 bits per heavy atom. The Morgan fingerprint density at radius 2 is 2.26 bits per heavy atom. The summed E-state index contributed by atoms with van der Waals surface area (Å²) in [5, 5.41) is 9.67. The number of aromatic amines is 1. The molecule has 2 aromatic rings. The number of nitrogens with zero attached hydrogens (tertiary/aromatic N) is 1. The fourth-order valence-corrected chi connectivity index (χ4v) is 3.00. The van der Waals surface area contributed by atoms with Crippen molar-refractivity contribution >= 4 is 27.7 Å². The number of hydrogen-bond donors (Lipinski definition) is 2. The zero-order valence-corrected chi connectivity index (χ0v) is 12.7. The Morgan fingerprint density at radius 1 is 1.47 bits per heavy atom. The van der Waals surface area contributed by atoms with Crippen LogP contribution in [0.15, 0.2) is 38.4 Å².